The number of aromatic nitrogens is 3. The number of anilines is 1. The van der Waals surface area contributed by atoms with Gasteiger partial charge in [0.2, 0.25) is 17.7 Å². The van der Waals surface area contributed by atoms with E-state index in [1.54, 1.807) is 43.3 Å². The van der Waals surface area contributed by atoms with Gasteiger partial charge in [0.1, 0.15) is 18.2 Å². The van der Waals surface area contributed by atoms with Crippen LogP contribution >= 0.6 is 27.7 Å². The number of nitrogens with zero attached hydrogens (tertiary/aromatic N) is 6. The number of carbonyl (C=O) groups excluding carboxylic acids is 3. The van der Waals surface area contributed by atoms with Crippen molar-refractivity contribution < 1.29 is 19.5 Å². The van der Waals surface area contributed by atoms with Gasteiger partial charge in [0.15, 0.2) is 0 Å². The summed E-state index contributed by atoms with van der Waals surface area (Å²) in [6.07, 6.45) is 4.21. The molecule has 3 aliphatic heterocycles. The van der Waals surface area contributed by atoms with Crippen molar-refractivity contribution in [3.8, 4) is 0 Å². The zero-order valence-electron chi connectivity index (χ0n) is 27.5. The van der Waals surface area contributed by atoms with Crippen LogP contribution in [0.15, 0.2) is 110 Å². The SMILES string of the molecule is C=CCN(Cn1nnc2ccccc21)C(=O)C1N([C@@H](CO)Cc2ccccc2)C(=O)[C@@H]2[C@H](C(=O)N(CC=C)c3ccccc3)[C@H]3SC12CC3Br. The second-order valence-corrected chi connectivity index (χ2v) is 15.8. The molecule has 4 heterocycles. The minimum atomic E-state index is -0.951. The molecule has 3 fully saturated rings. The minimum absolute atomic E-state index is 0.0857. The van der Waals surface area contributed by atoms with Crippen LogP contribution in [-0.2, 0) is 27.5 Å². The molecule has 3 saturated heterocycles. The highest BCUT2D eigenvalue weighted by Crippen LogP contribution is 2.68. The number of carbonyl (C=O) groups is 3. The van der Waals surface area contributed by atoms with E-state index in [1.165, 1.54) is 0 Å². The molecule has 0 aliphatic carbocycles. The number of amides is 3. The number of aliphatic hydroxyl groups is 1. The van der Waals surface area contributed by atoms with Gasteiger partial charge in [-0.1, -0.05) is 94.0 Å². The Morgan fingerprint density at radius 3 is 2.38 bits per heavy atom. The Hall–Kier alpha value is -4.26. The molecule has 3 unspecified atom stereocenters. The first kappa shape index (κ1) is 34.2. The van der Waals surface area contributed by atoms with Gasteiger partial charge in [-0.05, 0) is 42.7 Å². The maximum Gasteiger partial charge on any atom is 0.248 e. The molecule has 0 saturated carbocycles. The van der Waals surface area contributed by atoms with Crippen LogP contribution in [0.1, 0.15) is 12.0 Å². The van der Waals surface area contributed by atoms with E-state index in [2.05, 4.69) is 39.4 Å². The van der Waals surface area contributed by atoms with E-state index in [4.69, 9.17) is 0 Å². The lowest BCUT2D eigenvalue weighted by Gasteiger charge is -2.40. The molecule has 4 aromatic rings. The van der Waals surface area contributed by atoms with Crippen molar-refractivity contribution in [1.29, 1.82) is 0 Å². The number of likely N-dealkylation sites (tertiary alicyclic amines) is 1. The van der Waals surface area contributed by atoms with Crippen molar-refractivity contribution >= 4 is 62.1 Å². The minimum Gasteiger partial charge on any atom is -0.394 e. The van der Waals surface area contributed by atoms with E-state index in [1.807, 2.05) is 84.9 Å². The Morgan fingerprint density at radius 1 is 1.00 bits per heavy atom. The number of thioether (sulfide) groups is 1. The Morgan fingerprint density at radius 2 is 1.68 bits per heavy atom. The lowest BCUT2D eigenvalue weighted by atomic mass is 9.70. The summed E-state index contributed by atoms with van der Waals surface area (Å²) >= 11 is 5.47. The molecule has 3 amide bonds. The maximum absolute atomic E-state index is 15.2. The summed E-state index contributed by atoms with van der Waals surface area (Å²) in [7, 11) is 0. The summed E-state index contributed by atoms with van der Waals surface area (Å²) in [5, 5.41) is 19.3. The molecule has 3 aromatic carbocycles. The van der Waals surface area contributed by atoms with E-state index < -0.39 is 28.7 Å². The normalized spacial score (nSPS) is 25.8. The van der Waals surface area contributed by atoms with Gasteiger partial charge in [0, 0.05) is 28.9 Å². The summed E-state index contributed by atoms with van der Waals surface area (Å²) in [5.74, 6) is -2.20. The first-order chi connectivity index (χ1) is 24.3. The fourth-order valence-corrected chi connectivity index (χ4v) is 11.7. The number of halogens is 1. The van der Waals surface area contributed by atoms with E-state index in [0.717, 1.165) is 16.8 Å². The fraction of sp³-hybridized carbons (Fsp3) is 0.342. The molecular formula is C38H39BrN6O4S. The lowest BCUT2D eigenvalue weighted by Crippen LogP contribution is -2.58. The zero-order valence-corrected chi connectivity index (χ0v) is 29.9. The molecule has 7 atom stereocenters. The van der Waals surface area contributed by atoms with Gasteiger partial charge in [-0.2, -0.15) is 0 Å². The van der Waals surface area contributed by atoms with Crippen LogP contribution in [0.25, 0.3) is 11.0 Å². The number of para-hydroxylation sites is 2. The number of alkyl halides is 1. The van der Waals surface area contributed by atoms with Gasteiger partial charge >= 0.3 is 0 Å². The highest BCUT2D eigenvalue weighted by molar-refractivity contribution is 9.09. The number of benzene rings is 3. The molecule has 1 N–H and O–H groups in total. The molecule has 10 nitrogen and oxygen atoms in total. The molecule has 1 aromatic heterocycles. The van der Waals surface area contributed by atoms with E-state index >= 15 is 9.59 Å². The summed E-state index contributed by atoms with van der Waals surface area (Å²) < 4.78 is 0.754. The standard InChI is InChI=1S/C38H39BrN6O4S/c1-3-19-42(24-44-30-18-12-11-17-29(30)40-41-44)37(49)34-38-22-28(39)33(50-38)31(35(47)43(20-4-2)26-15-9-6-10-16-26)32(38)36(48)45(34)27(23-46)21-25-13-7-5-8-14-25/h3-18,27-28,31-34,46H,1-2,19-24H2/t27-,28?,31+,32+,33+,34?,38?/m1/s1. The second-order valence-electron chi connectivity index (χ2n) is 13.1. The molecule has 50 heavy (non-hydrogen) atoms. The van der Waals surface area contributed by atoms with Crippen molar-refractivity contribution in [3.05, 3.63) is 116 Å². The highest BCUT2D eigenvalue weighted by atomic mass is 79.9. The van der Waals surface area contributed by atoms with Crippen LogP contribution in [0.3, 0.4) is 0 Å². The van der Waals surface area contributed by atoms with Gasteiger partial charge in [-0.3, -0.25) is 14.4 Å². The molecule has 2 bridgehead atoms. The summed E-state index contributed by atoms with van der Waals surface area (Å²) in [6, 6.07) is 24.9. The number of rotatable bonds is 13. The topological polar surface area (TPSA) is 112 Å². The summed E-state index contributed by atoms with van der Waals surface area (Å²) in [4.78, 5) is 49.8. The fourth-order valence-electron chi connectivity index (χ4n) is 8.13. The van der Waals surface area contributed by atoms with Crippen LogP contribution < -0.4 is 4.90 Å². The monoisotopic (exact) mass is 754 g/mol. The lowest BCUT2D eigenvalue weighted by molar-refractivity contribution is -0.146. The Kier molecular flexibility index (Phi) is 9.69. The number of fused-ring (bicyclic) bond motifs is 2. The van der Waals surface area contributed by atoms with Gasteiger partial charge in [-0.25, -0.2) is 4.68 Å². The van der Waals surface area contributed by atoms with E-state index in [0.29, 0.717) is 18.4 Å². The van der Waals surface area contributed by atoms with Crippen molar-refractivity contribution in [2.24, 2.45) is 11.8 Å². The molecule has 12 heteroatoms. The quantitative estimate of drug-likeness (QED) is 0.156. The van der Waals surface area contributed by atoms with E-state index in [9.17, 15) is 9.90 Å². The van der Waals surface area contributed by atoms with Gasteiger partial charge in [0.05, 0.1) is 34.7 Å². The third kappa shape index (κ3) is 5.76. The average Bonchev–Trinajstić information content (AvgIpc) is 3.86. The van der Waals surface area contributed by atoms with Crippen molar-refractivity contribution in [2.45, 2.75) is 46.4 Å². The van der Waals surface area contributed by atoms with Crippen molar-refractivity contribution in [3.63, 3.8) is 0 Å². The first-order valence-corrected chi connectivity index (χ1v) is 18.6. The number of hydrogen-bond acceptors (Lipinski definition) is 7. The number of hydrogen-bond donors (Lipinski definition) is 1. The van der Waals surface area contributed by atoms with E-state index in [-0.39, 0.29) is 54.2 Å². The molecular weight excluding hydrogens is 716 g/mol. The van der Waals surface area contributed by atoms with Crippen molar-refractivity contribution in [2.75, 3.05) is 24.6 Å². The second kappa shape index (κ2) is 14.2. The maximum atomic E-state index is 15.2. The Bertz CT molecular complexity index is 1910. The number of aliphatic hydroxyl groups excluding tert-OH is 1. The smallest absolute Gasteiger partial charge is 0.248 e. The Labute approximate surface area is 303 Å². The van der Waals surface area contributed by atoms with Gasteiger partial charge < -0.3 is 19.8 Å². The Balaban J connectivity index is 1.32. The third-order valence-electron chi connectivity index (χ3n) is 10.2. The van der Waals surface area contributed by atoms with Crippen LogP contribution in [0.4, 0.5) is 5.69 Å². The van der Waals surface area contributed by atoms with Crippen LogP contribution in [-0.4, -0.2) is 94.2 Å². The predicted molar refractivity (Wildman–Crippen MR) is 199 cm³/mol. The highest BCUT2D eigenvalue weighted by Gasteiger charge is 2.76. The average molecular weight is 756 g/mol. The van der Waals surface area contributed by atoms with Crippen LogP contribution in [0, 0.1) is 11.8 Å². The van der Waals surface area contributed by atoms with Gasteiger partial charge in [0.25, 0.3) is 0 Å². The molecule has 258 valence electrons. The zero-order chi connectivity index (χ0) is 35.0. The molecule has 0 radical (unpaired) electrons. The van der Waals surface area contributed by atoms with Crippen molar-refractivity contribution in [1.82, 2.24) is 24.8 Å². The molecule has 7 rings (SSSR count). The summed E-state index contributed by atoms with van der Waals surface area (Å²) in [6.45, 7) is 8.05. The summed E-state index contributed by atoms with van der Waals surface area (Å²) in [5.41, 5.74) is 3.12. The molecule has 1 spiro atoms. The largest absolute Gasteiger partial charge is 0.394 e. The van der Waals surface area contributed by atoms with Gasteiger partial charge in [-0.15, -0.1) is 30.0 Å². The third-order valence-corrected chi connectivity index (χ3v) is 13.4. The van der Waals surface area contributed by atoms with Crippen LogP contribution in [0.5, 0.6) is 0 Å². The predicted octanol–water partition coefficient (Wildman–Crippen LogP) is 4.69. The van der Waals surface area contributed by atoms with Crippen LogP contribution in [0.2, 0.25) is 0 Å². The first-order valence-electron chi connectivity index (χ1n) is 16.8. The molecule has 3 aliphatic rings.